The van der Waals surface area contributed by atoms with Crippen LogP contribution in [-0.4, -0.2) is 47.4 Å². The average Bonchev–Trinajstić information content (AvgIpc) is 3.17. The van der Waals surface area contributed by atoms with Crippen LogP contribution < -0.4 is 5.32 Å². The van der Waals surface area contributed by atoms with E-state index in [0.717, 1.165) is 70.6 Å². The first-order chi connectivity index (χ1) is 26.5. The third-order valence-corrected chi connectivity index (χ3v) is 10.7. The number of aliphatic hydroxyl groups is 2. The molecule has 0 aliphatic carbocycles. The number of esters is 1. The molecule has 0 bridgehead atoms. The van der Waals surface area contributed by atoms with Crippen LogP contribution in [-0.2, 0) is 14.3 Å². The molecule has 0 aromatic carbocycles. The van der Waals surface area contributed by atoms with Crippen LogP contribution in [0.1, 0.15) is 245 Å². The third kappa shape index (κ3) is 40.0. The van der Waals surface area contributed by atoms with Gasteiger partial charge in [-0.2, -0.15) is 0 Å². The van der Waals surface area contributed by atoms with Crippen molar-refractivity contribution in [3.8, 4) is 0 Å². The van der Waals surface area contributed by atoms with Crippen molar-refractivity contribution >= 4 is 11.9 Å². The van der Waals surface area contributed by atoms with Gasteiger partial charge in [0.2, 0.25) is 5.91 Å². The Kier molecular flexibility index (Phi) is 42.7. The molecule has 2 atom stereocenters. The Morgan fingerprint density at radius 3 is 1.37 bits per heavy atom. The highest BCUT2D eigenvalue weighted by Gasteiger charge is 2.20. The van der Waals surface area contributed by atoms with Crippen LogP contribution in [0, 0.1) is 0 Å². The van der Waals surface area contributed by atoms with Crippen molar-refractivity contribution in [2.75, 3.05) is 13.2 Å². The van der Waals surface area contributed by atoms with Crippen LogP contribution in [0.25, 0.3) is 0 Å². The van der Waals surface area contributed by atoms with E-state index in [1.165, 1.54) is 141 Å². The standard InChI is InChI=1S/C48H91NO5/c1-3-5-7-9-11-13-20-24-28-32-36-40-46(51)45(44-50)49-47(52)41-37-33-29-25-22-18-16-15-17-19-23-27-31-35-39-43-54-48(53)42-38-34-30-26-21-14-12-10-8-6-4-2/h10,12,17,19,45-46,50-51H,3-9,11,13-16,18,20-44H2,1-2H3,(H,49,52)/b12-10-,19-17-. The van der Waals surface area contributed by atoms with Crippen molar-refractivity contribution in [1.82, 2.24) is 5.32 Å². The van der Waals surface area contributed by atoms with E-state index >= 15 is 0 Å². The molecule has 318 valence electrons. The van der Waals surface area contributed by atoms with E-state index in [1.54, 1.807) is 0 Å². The molecule has 0 aromatic heterocycles. The molecule has 3 N–H and O–H groups in total. The van der Waals surface area contributed by atoms with Crippen LogP contribution >= 0.6 is 0 Å². The lowest BCUT2D eigenvalue weighted by Crippen LogP contribution is -2.45. The molecule has 6 nitrogen and oxygen atoms in total. The first-order valence-electron chi connectivity index (χ1n) is 23.6. The smallest absolute Gasteiger partial charge is 0.305 e. The van der Waals surface area contributed by atoms with Gasteiger partial charge in [0, 0.05) is 12.8 Å². The van der Waals surface area contributed by atoms with Crippen molar-refractivity contribution in [1.29, 1.82) is 0 Å². The summed E-state index contributed by atoms with van der Waals surface area (Å²) in [7, 11) is 0. The lowest BCUT2D eigenvalue weighted by Gasteiger charge is -2.22. The molecule has 0 aliphatic rings. The predicted molar refractivity (Wildman–Crippen MR) is 232 cm³/mol. The van der Waals surface area contributed by atoms with E-state index in [-0.39, 0.29) is 18.5 Å². The van der Waals surface area contributed by atoms with E-state index in [9.17, 15) is 19.8 Å². The molecular formula is C48H91NO5. The number of nitrogens with one attached hydrogen (secondary N) is 1. The zero-order valence-corrected chi connectivity index (χ0v) is 36.0. The van der Waals surface area contributed by atoms with E-state index < -0.39 is 12.1 Å². The highest BCUT2D eigenvalue weighted by molar-refractivity contribution is 5.76. The average molecular weight is 762 g/mol. The van der Waals surface area contributed by atoms with Crippen LogP contribution in [0.3, 0.4) is 0 Å². The Balaban J connectivity index is 3.49. The Hall–Kier alpha value is -1.66. The van der Waals surface area contributed by atoms with Crippen molar-refractivity contribution < 1.29 is 24.5 Å². The summed E-state index contributed by atoms with van der Waals surface area (Å²) in [5, 5.41) is 23.1. The minimum absolute atomic E-state index is 0.0219. The summed E-state index contributed by atoms with van der Waals surface area (Å²) >= 11 is 0. The lowest BCUT2D eigenvalue weighted by atomic mass is 10.0. The van der Waals surface area contributed by atoms with Crippen LogP contribution in [0.2, 0.25) is 0 Å². The maximum Gasteiger partial charge on any atom is 0.305 e. The minimum atomic E-state index is -0.672. The molecule has 0 spiro atoms. The summed E-state index contributed by atoms with van der Waals surface area (Å²) in [5.41, 5.74) is 0. The zero-order valence-electron chi connectivity index (χ0n) is 36.0. The second kappa shape index (κ2) is 44.1. The topological polar surface area (TPSA) is 95.9 Å². The van der Waals surface area contributed by atoms with Gasteiger partial charge in [-0.15, -0.1) is 0 Å². The molecule has 2 unspecified atom stereocenters. The van der Waals surface area contributed by atoms with Crippen molar-refractivity contribution in [3.63, 3.8) is 0 Å². The van der Waals surface area contributed by atoms with Gasteiger partial charge in [0.25, 0.3) is 0 Å². The summed E-state index contributed by atoms with van der Waals surface area (Å²) in [5.74, 6) is -0.0745. The maximum atomic E-state index is 12.4. The molecule has 0 aliphatic heterocycles. The largest absolute Gasteiger partial charge is 0.466 e. The van der Waals surface area contributed by atoms with Crippen LogP contribution in [0.5, 0.6) is 0 Å². The number of carbonyl (C=O) groups excluding carboxylic acids is 2. The van der Waals surface area contributed by atoms with Crippen molar-refractivity contribution in [2.45, 2.75) is 257 Å². The molecule has 1 amide bonds. The minimum Gasteiger partial charge on any atom is -0.466 e. The van der Waals surface area contributed by atoms with Crippen molar-refractivity contribution in [2.24, 2.45) is 0 Å². The maximum absolute atomic E-state index is 12.4. The Labute approximate surface area is 335 Å². The molecule has 0 fully saturated rings. The summed E-state index contributed by atoms with van der Waals surface area (Å²) in [6.07, 6.45) is 49.9. The van der Waals surface area contributed by atoms with Gasteiger partial charge in [-0.3, -0.25) is 9.59 Å². The van der Waals surface area contributed by atoms with E-state index in [4.69, 9.17) is 4.74 Å². The Bertz CT molecular complexity index is 843. The first kappa shape index (κ1) is 52.3. The first-order valence-corrected chi connectivity index (χ1v) is 23.6. The van der Waals surface area contributed by atoms with E-state index in [1.807, 2.05) is 0 Å². The molecule has 0 heterocycles. The molecule has 6 heteroatoms. The fourth-order valence-electron chi connectivity index (χ4n) is 7.02. The monoisotopic (exact) mass is 762 g/mol. The van der Waals surface area contributed by atoms with Gasteiger partial charge in [-0.25, -0.2) is 0 Å². The second-order valence-electron chi connectivity index (χ2n) is 16.1. The Morgan fingerprint density at radius 1 is 0.500 bits per heavy atom. The van der Waals surface area contributed by atoms with E-state index in [0.29, 0.717) is 25.9 Å². The third-order valence-electron chi connectivity index (χ3n) is 10.7. The number of hydrogen-bond acceptors (Lipinski definition) is 5. The predicted octanol–water partition coefficient (Wildman–Crippen LogP) is 13.6. The van der Waals surface area contributed by atoms with Crippen molar-refractivity contribution in [3.05, 3.63) is 24.3 Å². The van der Waals surface area contributed by atoms with Gasteiger partial charge >= 0.3 is 5.97 Å². The Morgan fingerprint density at radius 2 is 0.889 bits per heavy atom. The number of allylic oxidation sites excluding steroid dienone is 4. The van der Waals surface area contributed by atoms with E-state index in [2.05, 4.69) is 43.5 Å². The fourth-order valence-corrected chi connectivity index (χ4v) is 7.02. The lowest BCUT2D eigenvalue weighted by molar-refractivity contribution is -0.143. The normalized spacial score (nSPS) is 12.9. The number of aliphatic hydroxyl groups excluding tert-OH is 2. The van der Waals surface area contributed by atoms with Crippen LogP contribution in [0.15, 0.2) is 24.3 Å². The van der Waals surface area contributed by atoms with Gasteiger partial charge in [0.1, 0.15) is 0 Å². The molecule has 0 saturated carbocycles. The number of hydrogen-bond donors (Lipinski definition) is 3. The van der Waals surface area contributed by atoms with Gasteiger partial charge in [-0.05, 0) is 70.6 Å². The highest BCUT2D eigenvalue weighted by Crippen LogP contribution is 2.15. The molecule has 0 radical (unpaired) electrons. The van der Waals surface area contributed by atoms with Gasteiger partial charge in [0.15, 0.2) is 0 Å². The number of ether oxygens (including phenoxy) is 1. The summed E-state index contributed by atoms with van der Waals surface area (Å²) in [6, 6.07) is -0.551. The number of amides is 1. The van der Waals surface area contributed by atoms with Gasteiger partial charge < -0.3 is 20.3 Å². The summed E-state index contributed by atoms with van der Waals surface area (Å²) < 4.78 is 5.42. The molecule has 0 rings (SSSR count). The number of unbranched alkanes of at least 4 members (excludes halogenated alkanes) is 28. The molecule has 0 saturated heterocycles. The molecule has 0 aromatic rings. The number of rotatable bonds is 43. The summed E-state index contributed by atoms with van der Waals surface area (Å²) in [6.45, 7) is 4.85. The quantitative estimate of drug-likeness (QED) is 0.0327. The molecule has 54 heavy (non-hydrogen) atoms. The second-order valence-corrected chi connectivity index (χ2v) is 16.1. The molecular weight excluding hydrogens is 671 g/mol. The zero-order chi connectivity index (χ0) is 39.4. The fraction of sp³-hybridized carbons (Fsp3) is 0.875. The van der Waals surface area contributed by atoms with Gasteiger partial charge in [-0.1, -0.05) is 186 Å². The van der Waals surface area contributed by atoms with Gasteiger partial charge in [0.05, 0.1) is 25.4 Å². The SMILES string of the molecule is CCCC/C=C\CCCCCCCC(=O)OCCCCCC/C=C\CCCCCCCCCC(=O)NC(CO)C(O)CCCCCCCCCCCCC. The number of carbonyl (C=O) groups is 2. The van der Waals surface area contributed by atoms with Crippen LogP contribution in [0.4, 0.5) is 0 Å². The highest BCUT2D eigenvalue weighted by atomic mass is 16.5. The summed E-state index contributed by atoms with van der Waals surface area (Å²) in [4.78, 5) is 24.3.